The molecule has 0 atom stereocenters. The van der Waals surface area contributed by atoms with Crippen LogP contribution in [0, 0.1) is 0 Å². The molecule has 3 heterocycles. The molecular formula is C17H15N3OS2. The Morgan fingerprint density at radius 1 is 1.13 bits per heavy atom. The van der Waals surface area contributed by atoms with Gasteiger partial charge in [0.2, 0.25) is 0 Å². The number of thiophene rings is 1. The first-order chi connectivity index (χ1) is 11.2. The number of likely N-dealkylation sites (N-methyl/N-ethyl adjacent to an activating group) is 1. The van der Waals surface area contributed by atoms with Crippen molar-refractivity contribution in [3.8, 4) is 10.6 Å². The first-order valence-corrected chi connectivity index (χ1v) is 9.16. The maximum atomic E-state index is 12.9. The van der Waals surface area contributed by atoms with Crippen LogP contribution < -0.4 is 9.80 Å². The van der Waals surface area contributed by atoms with E-state index in [1.807, 2.05) is 46.0 Å². The van der Waals surface area contributed by atoms with E-state index in [1.165, 1.54) is 11.3 Å². The molecule has 0 saturated carbocycles. The van der Waals surface area contributed by atoms with Crippen LogP contribution >= 0.6 is 22.7 Å². The molecule has 0 aliphatic carbocycles. The number of para-hydroxylation sites is 2. The van der Waals surface area contributed by atoms with E-state index in [2.05, 4.69) is 22.3 Å². The van der Waals surface area contributed by atoms with E-state index >= 15 is 0 Å². The Kier molecular flexibility index (Phi) is 3.63. The van der Waals surface area contributed by atoms with Crippen LogP contribution in [-0.2, 0) is 0 Å². The number of carbonyl (C=O) groups is 1. The summed E-state index contributed by atoms with van der Waals surface area (Å²) in [5, 5.41) is 6.83. The summed E-state index contributed by atoms with van der Waals surface area (Å²) >= 11 is 3.16. The number of anilines is 2. The second kappa shape index (κ2) is 5.79. The van der Waals surface area contributed by atoms with Gasteiger partial charge in [-0.15, -0.1) is 11.3 Å². The van der Waals surface area contributed by atoms with Gasteiger partial charge in [0.25, 0.3) is 5.91 Å². The quantitative estimate of drug-likeness (QED) is 0.708. The lowest BCUT2D eigenvalue weighted by molar-refractivity contribution is 0.0982. The summed E-state index contributed by atoms with van der Waals surface area (Å²) in [6, 6.07) is 10.0. The number of carbonyl (C=O) groups excluding carboxylic acids is 1. The van der Waals surface area contributed by atoms with E-state index in [-0.39, 0.29) is 5.91 Å². The molecule has 0 radical (unpaired) electrons. The highest BCUT2D eigenvalue weighted by Gasteiger charge is 2.27. The van der Waals surface area contributed by atoms with E-state index in [4.69, 9.17) is 0 Å². The van der Waals surface area contributed by atoms with Crippen molar-refractivity contribution in [3.05, 3.63) is 52.2 Å². The molecule has 6 heteroatoms. The molecule has 0 saturated heterocycles. The van der Waals surface area contributed by atoms with Crippen LogP contribution in [0.4, 0.5) is 11.4 Å². The summed E-state index contributed by atoms with van der Waals surface area (Å²) in [5.41, 5.74) is 3.64. The van der Waals surface area contributed by atoms with Crippen LogP contribution in [0.3, 0.4) is 0 Å². The van der Waals surface area contributed by atoms with Gasteiger partial charge in [0.15, 0.2) is 0 Å². The SMILES string of the molecule is CN1CCN(C(=O)c2csc(-c3ccsc3)n2)c2ccccc21. The zero-order valence-electron chi connectivity index (χ0n) is 12.6. The third-order valence-electron chi connectivity index (χ3n) is 3.98. The second-order valence-electron chi connectivity index (χ2n) is 5.42. The molecule has 4 rings (SSSR count). The number of thiazole rings is 1. The highest BCUT2D eigenvalue weighted by Crippen LogP contribution is 2.33. The smallest absolute Gasteiger partial charge is 0.277 e. The van der Waals surface area contributed by atoms with Crippen molar-refractivity contribution in [2.45, 2.75) is 0 Å². The van der Waals surface area contributed by atoms with Crippen molar-refractivity contribution in [3.63, 3.8) is 0 Å². The predicted molar refractivity (Wildman–Crippen MR) is 96.8 cm³/mol. The van der Waals surface area contributed by atoms with Gasteiger partial charge in [0, 0.05) is 36.5 Å². The average Bonchev–Trinajstić information content (AvgIpc) is 3.26. The van der Waals surface area contributed by atoms with Gasteiger partial charge >= 0.3 is 0 Å². The van der Waals surface area contributed by atoms with Crippen molar-refractivity contribution in [1.29, 1.82) is 0 Å². The van der Waals surface area contributed by atoms with Crippen LogP contribution in [-0.4, -0.2) is 31.0 Å². The zero-order chi connectivity index (χ0) is 15.8. The molecule has 0 unspecified atom stereocenters. The number of nitrogens with zero attached hydrogens (tertiary/aromatic N) is 3. The normalized spacial score (nSPS) is 14.0. The maximum absolute atomic E-state index is 12.9. The van der Waals surface area contributed by atoms with Gasteiger partial charge in [0.05, 0.1) is 11.4 Å². The van der Waals surface area contributed by atoms with Gasteiger partial charge in [0.1, 0.15) is 10.7 Å². The average molecular weight is 341 g/mol. The summed E-state index contributed by atoms with van der Waals surface area (Å²) in [5.74, 6) is -0.0247. The Labute approximate surface area is 142 Å². The van der Waals surface area contributed by atoms with E-state index in [0.29, 0.717) is 12.2 Å². The molecule has 0 spiro atoms. The minimum atomic E-state index is -0.0247. The number of fused-ring (bicyclic) bond motifs is 1. The fraction of sp³-hybridized carbons (Fsp3) is 0.176. The Balaban J connectivity index is 1.67. The number of hydrogen-bond acceptors (Lipinski definition) is 5. The minimum absolute atomic E-state index is 0.0247. The molecule has 1 aliphatic rings. The molecule has 2 aromatic heterocycles. The van der Waals surface area contributed by atoms with Crippen LogP contribution in [0.15, 0.2) is 46.5 Å². The van der Waals surface area contributed by atoms with Crippen molar-refractivity contribution >= 4 is 40.0 Å². The second-order valence-corrected chi connectivity index (χ2v) is 7.06. The summed E-state index contributed by atoms with van der Waals surface area (Å²) in [4.78, 5) is 21.5. The Bertz CT molecular complexity index is 841. The molecule has 116 valence electrons. The molecule has 1 aliphatic heterocycles. The van der Waals surface area contributed by atoms with Crippen molar-refractivity contribution in [1.82, 2.24) is 4.98 Å². The third-order valence-corrected chi connectivity index (χ3v) is 5.55. The molecule has 23 heavy (non-hydrogen) atoms. The lowest BCUT2D eigenvalue weighted by Gasteiger charge is -2.35. The number of benzene rings is 1. The molecule has 4 nitrogen and oxygen atoms in total. The van der Waals surface area contributed by atoms with Crippen LogP contribution in [0.25, 0.3) is 10.6 Å². The maximum Gasteiger partial charge on any atom is 0.277 e. The van der Waals surface area contributed by atoms with Crippen molar-refractivity contribution < 1.29 is 4.79 Å². The lowest BCUT2D eigenvalue weighted by atomic mass is 10.1. The molecule has 0 bridgehead atoms. The Morgan fingerprint density at radius 3 is 2.74 bits per heavy atom. The third kappa shape index (κ3) is 2.54. The Morgan fingerprint density at radius 2 is 1.96 bits per heavy atom. The largest absolute Gasteiger partial charge is 0.371 e. The summed E-state index contributed by atoms with van der Waals surface area (Å²) in [7, 11) is 2.05. The van der Waals surface area contributed by atoms with Gasteiger partial charge in [-0.2, -0.15) is 11.3 Å². The monoisotopic (exact) mass is 341 g/mol. The van der Waals surface area contributed by atoms with Gasteiger partial charge < -0.3 is 9.80 Å². The molecular weight excluding hydrogens is 326 g/mol. The molecule has 0 fully saturated rings. The van der Waals surface area contributed by atoms with E-state index in [9.17, 15) is 4.79 Å². The van der Waals surface area contributed by atoms with Crippen molar-refractivity contribution in [2.75, 3.05) is 29.9 Å². The van der Waals surface area contributed by atoms with Gasteiger partial charge in [-0.05, 0) is 23.6 Å². The fourth-order valence-corrected chi connectivity index (χ4v) is 4.25. The minimum Gasteiger partial charge on any atom is -0.371 e. The molecule has 1 aromatic carbocycles. The molecule has 0 N–H and O–H groups in total. The van der Waals surface area contributed by atoms with Crippen LogP contribution in [0.2, 0.25) is 0 Å². The summed E-state index contributed by atoms with van der Waals surface area (Å²) in [6.07, 6.45) is 0. The van der Waals surface area contributed by atoms with E-state index in [0.717, 1.165) is 28.5 Å². The lowest BCUT2D eigenvalue weighted by Crippen LogP contribution is -2.42. The standard InChI is InChI=1S/C17H15N3OS2/c1-19-7-8-20(15-5-3-2-4-14(15)19)17(21)13-11-23-16(18-13)12-6-9-22-10-12/h2-6,9-11H,7-8H2,1H3. The fourth-order valence-electron chi connectivity index (χ4n) is 2.75. The number of amides is 1. The number of aromatic nitrogens is 1. The molecule has 1 amide bonds. The number of hydrogen-bond donors (Lipinski definition) is 0. The highest BCUT2D eigenvalue weighted by molar-refractivity contribution is 7.14. The molecule has 3 aromatic rings. The van der Waals surface area contributed by atoms with E-state index < -0.39 is 0 Å². The topological polar surface area (TPSA) is 36.4 Å². The van der Waals surface area contributed by atoms with E-state index in [1.54, 1.807) is 11.3 Å². The van der Waals surface area contributed by atoms with Gasteiger partial charge in [-0.25, -0.2) is 4.98 Å². The zero-order valence-corrected chi connectivity index (χ0v) is 14.2. The Hall–Kier alpha value is -2.18. The first-order valence-electron chi connectivity index (χ1n) is 7.34. The van der Waals surface area contributed by atoms with Gasteiger partial charge in [-0.1, -0.05) is 12.1 Å². The van der Waals surface area contributed by atoms with Crippen LogP contribution in [0.1, 0.15) is 10.5 Å². The number of rotatable bonds is 2. The van der Waals surface area contributed by atoms with Crippen molar-refractivity contribution in [2.24, 2.45) is 0 Å². The van der Waals surface area contributed by atoms with Crippen LogP contribution in [0.5, 0.6) is 0 Å². The first kappa shape index (κ1) is 14.4. The highest BCUT2D eigenvalue weighted by atomic mass is 32.1. The summed E-state index contributed by atoms with van der Waals surface area (Å²) in [6.45, 7) is 1.50. The predicted octanol–water partition coefficient (Wildman–Crippen LogP) is 3.97. The summed E-state index contributed by atoms with van der Waals surface area (Å²) < 4.78 is 0. The van der Waals surface area contributed by atoms with Gasteiger partial charge in [-0.3, -0.25) is 4.79 Å².